The molecule has 0 aliphatic heterocycles. The summed E-state index contributed by atoms with van der Waals surface area (Å²) in [7, 11) is 1.56. The minimum absolute atomic E-state index is 0.0428. The van der Waals surface area contributed by atoms with Crippen LogP contribution in [0.5, 0.6) is 11.5 Å². The monoisotopic (exact) mass is 417 g/mol. The van der Waals surface area contributed by atoms with Crippen molar-refractivity contribution in [1.29, 1.82) is 0 Å². The number of nitro groups is 1. The Morgan fingerprint density at radius 2 is 1.94 bits per heavy atom. The molecule has 3 aromatic carbocycles. The molecule has 0 radical (unpaired) electrons. The Morgan fingerprint density at radius 1 is 1.13 bits per heavy atom. The summed E-state index contributed by atoms with van der Waals surface area (Å²) in [6.07, 6.45) is 1.65. The van der Waals surface area contributed by atoms with Gasteiger partial charge in [0.05, 0.1) is 29.3 Å². The number of benzene rings is 3. The molecule has 9 nitrogen and oxygen atoms in total. The molecule has 1 heterocycles. The number of hydrazone groups is 1. The number of aromatic amines is 1. The lowest BCUT2D eigenvalue weighted by molar-refractivity contribution is -0.384. The number of anilines is 1. The zero-order valence-electron chi connectivity index (χ0n) is 16.6. The predicted octanol–water partition coefficient (Wildman–Crippen LogP) is 4.50. The summed E-state index contributed by atoms with van der Waals surface area (Å²) < 4.78 is 11.2. The largest absolute Gasteiger partial charge is 0.493 e. The van der Waals surface area contributed by atoms with Gasteiger partial charge in [0, 0.05) is 12.1 Å². The highest BCUT2D eigenvalue weighted by molar-refractivity contribution is 5.82. The minimum atomic E-state index is -0.434. The maximum atomic E-state index is 10.7. The maximum Gasteiger partial charge on any atom is 0.269 e. The standard InChI is InChI=1S/C22H19N5O4/c1-30-21-12-16(13-23-26-22-24-18-4-2-3-5-19(18)25-22)8-11-20(21)31-14-15-6-9-17(10-7-15)27(28)29/h2-13H,14H2,1H3,(H2,24,25,26). The van der Waals surface area contributed by atoms with Crippen LogP contribution in [-0.4, -0.2) is 28.2 Å². The summed E-state index contributed by atoms with van der Waals surface area (Å²) in [5, 5.41) is 14.9. The molecule has 2 N–H and O–H groups in total. The SMILES string of the molecule is COc1cc(C=NNc2nc3ccccc3[nH]2)ccc1OCc1ccc([N+](=O)[O-])cc1. The Morgan fingerprint density at radius 3 is 2.68 bits per heavy atom. The van der Waals surface area contributed by atoms with Crippen LogP contribution in [0.15, 0.2) is 71.8 Å². The second kappa shape index (κ2) is 8.95. The number of nitrogens with one attached hydrogen (secondary N) is 2. The normalized spacial score (nSPS) is 11.0. The minimum Gasteiger partial charge on any atom is -0.493 e. The number of fused-ring (bicyclic) bond motifs is 1. The molecular formula is C22H19N5O4. The van der Waals surface area contributed by atoms with Gasteiger partial charge in [-0.3, -0.25) is 10.1 Å². The first kappa shape index (κ1) is 19.9. The fourth-order valence-corrected chi connectivity index (χ4v) is 2.93. The molecule has 4 rings (SSSR count). The van der Waals surface area contributed by atoms with Crippen LogP contribution in [0, 0.1) is 10.1 Å². The van der Waals surface area contributed by atoms with E-state index in [1.165, 1.54) is 12.1 Å². The van der Waals surface area contributed by atoms with Crippen LogP contribution in [0.4, 0.5) is 11.6 Å². The lowest BCUT2D eigenvalue weighted by Gasteiger charge is -2.11. The maximum absolute atomic E-state index is 10.7. The molecule has 0 saturated carbocycles. The van der Waals surface area contributed by atoms with Crippen molar-refractivity contribution < 1.29 is 14.4 Å². The summed E-state index contributed by atoms with van der Waals surface area (Å²) in [5.41, 5.74) is 6.33. The summed E-state index contributed by atoms with van der Waals surface area (Å²) in [6.45, 7) is 0.259. The molecule has 0 fully saturated rings. The van der Waals surface area contributed by atoms with Crippen LogP contribution in [-0.2, 0) is 6.61 Å². The highest BCUT2D eigenvalue weighted by Crippen LogP contribution is 2.28. The number of aromatic nitrogens is 2. The van der Waals surface area contributed by atoms with Crippen LogP contribution in [0.1, 0.15) is 11.1 Å². The molecule has 0 saturated heterocycles. The first-order valence-corrected chi connectivity index (χ1v) is 9.40. The van der Waals surface area contributed by atoms with E-state index in [0.29, 0.717) is 17.4 Å². The summed E-state index contributed by atoms with van der Waals surface area (Å²) in [4.78, 5) is 17.8. The topological polar surface area (TPSA) is 115 Å². The van der Waals surface area contributed by atoms with Gasteiger partial charge in [0.25, 0.3) is 5.69 Å². The average molecular weight is 417 g/mol. The van der Waals surface area contributed by atoms with Crippen molar-refractivity contribution in [1.82, 2.24) is 9.97 Å². The van der Waals surface area contributed by atoms with Crippen molar-refractivity contribution in [3.05, 3.63) is 88.0 Å². The van der Waals surface area contributed by atoms with Crippen LogP contribution in [0.2, 0.25) is 0 Å². The Labute approximate surface area is 177 Å². The van der Waals surface area contributed by atoms with E-state index < -0.39 is 4.92 Å². The molecule has 156 valence electrons. The van der Waals surface area contributed by atoms with Gasteiger partial charge in [-0.25, -0.2) is 10.4 Å². The van der Waals surface area contributed by atoms with Gasteiger partial charge in [0.1, 0.15) is 6.61 Å². The zero-order chi connectivity index (χ0) is 21.6. The fraction of sp³-hybridized carbons (Fsp3) is 0.0909. The number of hydrogen-bond donors (Lipinski definition) is 2. The van der Waals surface area contributed by atoms with Crippen LogP contribution < -0.4 is 14.9 Å². The van der Waals surface area contributed by atoms with Gasteiger partial charge in [0.2, 0.25) is 5.95 Å². The van der Waals surface area contributed by atoms with Crippen molar-refractivity contribution in [2.75, 3.05) is 12.5 Å². The third-order valence-electron chi connectivity index (χ3n) is 4.50. The predicted molar refractivity (Wildman–Crippen MR) is 118 cm³/mol. The molecule has 0 atom stereocenters. The quantitative estimate of drug-likeness (QED) is 0.248. The summed E-state index contributed by atoms with van der Waals surface area (Å²) >= 11 is 0. The van der Waals surface area contributed by atoms with Crippen LogP contribution in [0.3, 0.4) is 0 Å². The second-order valence-corrected chi connectivity index (χ2v) is 6.60. The Hall–Kier alpha value is -4.40. The summed E-state index contributed by atoms with van der Waals surface area (Å²) in [5.74, 6) is 1.66. The van der Waals surface area contributed by atoms with E-state index in [-0.39, 0.29) is 12.3 Å². The molecule has 4 aromatic rings. The first-order valence-electron chi connectivity index (χ1n) is 9.40. The Bertz CT molecular complexity index is 1200. The van der Waals surface area contributed by atoms with Gasteiger partial charge >= 0.3 is 0 Å². The van der Waals surface area contributed by atoms with Crippen LogP contribution >= 0.6 is 0 Å². The van der Waals surface area contributed by atoms with Crippen molar-refractivity contribution in [3.8, 4) is 11.5 Å². The Balaban J connectivity index is 1.39. The lowest BCUT2D eigenvalue weighted by atomic mass is 10.2. The number of ether oxygens (including phenoxy) is 2. The smallest absolute Gasteiger partial charge is 0.269 e. The van der Waals surface area contributed by atoms with Crippen molar-refractivity contribution in [3.63, 3.8) is 0 Å². The molecular weight excluding hydrogens is 398 g/mol. The number of rotatable bonds is 8. The van der Waals surface area contributed by atoms with Crippen LogP contribution in [0.25, 0.3) is 11.0 Å². The molecule has 0 aliphatic carbocycles. The summed E-state index contributed by atoms with van der Waals surface area (Å²) in [6, 6.07) is 19.4. The molecule has 31 heavy (non-hydrogen) atoms. The van der Waals surface area contributed by atoms with Gasteiger partial charge < -0.3 is 14.5 Å². The fourth-order valence-electron chi connectivity index (χ4n) is 2.93. The Kier molecular flexibility index (Phi) is 5.75. The number of imidazole rings is 1. The number of methoxy groups -OCH3 is 1. The first-order chi connectivity index (χ1) is 15.1. The third-order valence-corrected chi connectivity index (χ3v) is 4.50. The second-order valence-electron chi connectivity index (χ2n) is 6.60. The molecule has 0 bridgehead atoms. The number of para-hydroxylation sites is 2. The van der Waals surface area contributed by atoms with E-state index in [9.17, 15) is 10.1 Å². The van der Waals surface area contributed by atoms with Crippen molar-refractivity contribution in [2.24, 2.45) is 5.10 Å². The van der Waals surface area contributed by atoms with E-state index in [2.05, 4.69) is 20.5 Å². The van der Waals surface area contributed by atoms with Crippen molar-refractivity contribution >= 4 is 28.9 Å². The molecule has 0 unspecified atom stereocenters. The van der Waals surface area contributed by atoms with Gasteiger partial charge in [-0.05, 0) is 53.6 Å². The highest BCUT2D eigenvalue weighted by Gasteiger charge is 2.08. The van der Waals surface area contributed by atoms with Gasteiger partial charge in [-0.1, -0.05) is 12.1 Å². The number of nitro benzene ring substituents is 1. The molecule has 9 heteroatoms. The van der Waals surface area contributed by atoms with E-state index in [0.717, 1.165) is 22.2 Å². The zero-order valence-corrected chi connectivity index (χ0v) is 16.6. The lowest BCUT2D eigenvalue weighted by Crippen LogP contribution is -1.99. The number of non-ortho nitro benzene ring substituents is 1. The van der Waals surface area contributed by atoms with E-state index in [1.54, 1.807) is 37.6 Å². The van der Waals surface area contributed by atoms with Gasteiger partial charge in [0.15, 0.2) is 11.5 Å². The molecule has 0 amide bonds. The van der Waals surface area contributed by atoms with E-state index in [4.69, 9.17) is 9.47 Å². The van der Waals surface area contributed by atoms with Gasteiger partial charge in [-0.15, -0.1) is 0 Å². The van der Waals surface area contributed by atoms with E-state index >= 15 is 0 Å². The number of hydrogen-bond acceptors (Lipinski definition) is 7. The molecule has 1 aromatic heterocycles. The average Bonchev–Trinajstić information content (AvgIpc) is 3.21. The molecule has 0 spiro atoms. The van der Waals surface area contributed by atoms with Crippen molar-refractivity contribution in [2.45, 2.75) is 6.61 Å². The molecule has 0 aliphatic rings. The highest BCUT2D eigenvalue weighted by atomic mass is 16.6. The van der Waals surface area contributed by atoms with E-state index in [1.807, 2.05) is 30.3 Å². The number of H-pyrrole nitrogens is 1. The third kappa shape index (κ3) is 4.78. The number of nitrogens with zero attached hydrogens (tertiary/aromatic N) is 3. The van der Waals surface area contributed by atoms with Gasteiger partial charge in [-0.2, -0.15) is 5.10 Å².